The van der Waals surface area contributed by atoms with E-state index in [2.05, 4.69) is 10.1 Å². The normalized spacial score (nSPS) is 10.8. The summed E-state index contributed by atoms with van der Waals surface area (Å²) < 4.78 is 18.0. The summed E-state index contributed by atoms with van der Waals surface area (Å²) in [5.74, 6) is -0.346. The van der Waals surface area contributed by atoms with Crippen molar-refractivity contribution in [3.05, 3.63) is 52.4 Å². The zero-order valence-corrected chi connectivity index (χ0v) is 12.0. The van der Waals surface area contributed by atoms with E-state index in [9.17, 15) is 4.39 Å². The van der Waals surface area contributed by atoms with Crippen molar-refractivity contribution in [2.45, 2.75) is 0 Å². The lowest BCUT2D eigenvalue weighted by atomic mass is 10.0. The summed E-state index contributed by atoms with van der Waals surface area (Å²) >= 11 is 12.1. The summed E-state index contributed by atoms with van der Waals surface area (Å²) in [6, 6.07) is 7.74. The molecule has 21 heavy (non-hydrogen) atoms. The monoisotopic (exact) mass is 323 g/mol. The number of pyridine rings is 1. The van der Waals surface area contributed by atoms with Gasteiger partial charge in [0.25, 0.3) is 0 Å². The van der Waals surface area contributed by atoms with Crippen LogP contribution in [0.5, 0.6) is 0 Å². The van der Waals surface area contributed by atoms with Gasteiger partial charge in [-0.2, -0.15) is 0 Å². The molecule has 0 atom stereocenters. The van der Waals surface area contributed by atoms with Crippen molar-refractivity contribution in [3.63, 3.8) is 0 Å². The van der Waals surface area contributed by atoms with Gasteiger partial charge in [-0.05, 0) is 24.3 Å². The number of hydrogen-bond acceptors (Lipinski definition) is 4. The van der Waals surface area contributed by atoms with Crippen LogP contribution in [0.2, 0.25) is 10.0 Å². The van der Waals surface area contributed by atoms with Crippen LogP contribution in [0.25, 0.3) is 22.5 Å². The highest BCUT2D eigenvalue weighted by molar-refractivity contribution is 6.36. The Morgan fingerprint density at radius 2 is 1.95 bits per heavy atom. The van der Waals surface area contributed by atoms with Crippen LogP contribution in [-0.2, 0) is 0 Å². The molecule has 1 aromatic carbocycles. The first-order chi connectivity index (χ1) is 10.1. The van der Waals surface area contributed by atoms with Crippen molar-refractivity contribution >= 4 is 29.1 Å². The first kappa shape index (κ1) is 13.9. The minimum atomic E-state index is -0.443. The van der Waals surface area contributed by atoms with Gasteiger partial charge in [-0.3, -0.25) is 4.98 Å². The molecule has 2 N–H and O–H groups in total. The van der Waals surface area contributed by atoms with Crippen LogP contribution in [0.1, 0.15) is 0 Å². The average Bonchev–Trinajstić information content (AvgIpc) is 2.82. The fourth-order valence-corrected chi connectivity index (χ4v) is 2.45. The van der Waals surface area contributed by atoms with Gasteiger partial charge in [0.1, 0.15) is 11.5 Å². The lowest BCUT2D eigenvalue weighted by molar-refractivity contribution is 0.439. The molecule has 4 nitrogen and oxygen atoms in total. The number of nitrogen functional groups attached to an aromatic ring is 1. The van der Waals surface area contributed by atoms with E-state index in [0.29, 0.717) is 32.6 Å². The third kappa shape index (κ3) is 2.57. The molecule has 2 heterocycles. The number of hydrogen-bond donors (Lipinski definition) is 1. The third-order valence-corrected chi connectivity index (χ3v) is 3.44. The minimum Gasteiger partial charge on any atom is -0.367 e. The quantitative estimate of drug-likeness (QED) is 0.757. The molecule has 106 valence electrons. The van der Waals surface area contributed by atoms with Gasteiger partial charge in [0.2, 0.25) is 5.88 Å². The van der Waals surface area contributed by atoms with Gasteiger partial charge in [0, 0.05) is 10.6 Å². The van der Waals surface area contributed by atoms with Gasteiger partial charge < -0.3 is 10.3 Å². The Balaban J connectivity index is 2.19. The summed E-state index contributed by atoms with van der Waals surface area (Å²) in [5.41, 5.74) is 7.75. The first-order valence-electron chi connectivity index (χ1n) is 5.89. The van der Waals surface area contributed by atoms with E-state index in [4.69, 9.17) is 33.5 Å². The molecule has 0 saturated carbocycles. The highest BCUT2D eigenvalue weighted by atomic mass is 35.5. The van der Waals surface area contributed by atoms with Crippen molar-refractivity contribution in [1.29, 1.82) is 0 Å². The van der Waals surface area contributed by atoms with E-state index in [1.54, 1.807) is 18.2 Å². The van der Waals surface area contributed by atoms with Crippen LogP contribution >= 0.6 is 23.2 Å². The maximum absolute atomic E-state index is 13.0. The van der Waals surface area contributed by atoms with Gasteiger partial charge in [-0.1, -0.05) is 34.4 Å². The summed E-state index contributed by atoms with van der Waals surface area (Å²) in [7, 11) is 0. The van der Waals surface area contributed by atoms with E-state index in [-0.39, 0.29) is 5.88 Å². The van der Waals surface area contributed by atoms with Crippen LogP contribution in [0.4, 0.5) is 10.3 Å². The number of aromatic nitrogens is 2. The molecule has 0 unspecified atom stereocenters. The van der Waals surface area contributed by atoms with Crippen LogP contribution in [-0.4, -0.2) is 10.1 Å². The fraction of sp³-hybridized carbons (Fsp3) is 0. The topological polar surface area (TPSA) is 64.9 Å². The Hall–Kier alpha value is -2.11. The highest BCUT2D eigenvalue weighted by Crippen LogP contribution is 2.39. The molecular formula is C14H8Cl2FN3O. The molecule has 0 saturated heterocycles. The molecule has 0 radical (unpaired) electrons. The average molecular weight is 324 g/mol. The Labute approximate surface area is 129 Å². The summed E-state index contributed by atoms with van der Waals surface area (Å²) in [4.78, 5) is 3.97. The molecule has 2 aromatic heterocycles. The second kappa shape index (κ2) is 5.35. The number of nitrogens with two attached hydrogens (primary N) is 1. The third-order valence-electron chi connectivity index (χ3n) is 2.89. The van der Waals surface area contributed by atoms with E-state index in [0.717, 1.165) is 6.20 Å². The van der Waals surface area contributed by atoms with Crippen LogP contribution < -0.4 is 5.73 Å². The van der Waals surface area contributed by atoms with Crippen LogP contribution in [0, 0.1) is 5.82 Å². The van der Waals surface area contributed by atoms with E-state index in [1.807, 2.05) is 0 Å². The second-order valence-electron chi connectivity index (χ2n) is 4.26. The zero-order valence-electron chi connectivity index (χ0n) is 10.5. The number of anilines is 1. The van der Waals surface area contributed by atoms with Crippen molar-refractivity contribution in [2.24, 2.45) is 0 Å². The van der Waals surface area contributed by atoms with E-state index in [1.165, 1.54) is 12.1 Å². The second-order valence-corrected chi connectivity index (χ2v) is 5.10. The largest absolute Gasteiger partial charge is 0.367 e. The molecule has 0 aliphatic heterocycles. The van der Waals surface area contributed by atoms with Gasteiger partial charge in [-0.25, -0.2) is 4.39 Å². The predicted octanol–water partition coefficient (Wildman–Crippen LogP) is 4.43. The Bertz CT molecular complexity index is 802. The van der Waals surface area contributed by atoms with Crippen molar-refractivity contribution in [1.82, 2.24) is 10.1 Å². The Morgan fingerprint density at radius 3 is 2.62 bits per heavy atom. The molecule has 0 bridgehead atoms. The van der Waals surface area contributed by atoms with Crippen molar-refractivity contribution < 1.29 is 8.91 Å². The standard InChI is InChI=1S/C14H8Cl2FN3O/c15-7-1-3-9(10(16)5-7)12-13(20-21-14(12)18)11-4-2-8(17)6-19-11/h1-6H,18H2. The summed E-state index contributed by atoms with van der Waals surface area (Å²) in [5, 5.41) is 4.78. The molecule has 0 amide bonds. The Morgan fingerprint density at radius 1 is 1.14 bits per heavy atom. The van der Waals surface area contributed by atoms with Gasteiger partial charge >= 0.3 is 0 Å². The SMILES string of the molecule is Nc1onc(-c2ccc(F)cn2)c1-c1ccc(Cl)cc1Cl. The number of nitrogens with zero attached hydrogens (tertiary/aromatic N) is 2. The molecule has 7 heteroatoms. The molecule has 3 aromatic rings. The minimum absolute atomic E-state index is 0.0975. The molecule has 0 aliphatic carbocycles. The maximum Gasteiger partial charge on any atom is 0.230 e. The fourth-order valence-electron chi connectivity index (χ4n) is 1.95. The Kier molecular flexibility index (Phi) is 3.53. The number of rotatable bonds is 2. The lowest BCUT2D eigenvalue weighted by Crippen LogP contribution is -1.91. The lowest BCUT2D eigenvalue weighted by Gasteiger charge is -2.05. The van der Waals surface area contributed by atoms with Gasteiger partial charge in [0.05, 0.1) is 22.5 Å². The molecule has 0 aliphatic rings. The predicted molar refractivity (Wildman–Crippen MR) is 79.6 cm³/mol. The molecule has 3 rings (SSSR count). The van der Waals surface area contributed by atoms with E-state index >= 15 is 0 Å². The number of halogens is 3. The maximum atomic E-state index is 13.0. The van der Waals surface area contributed by atoms with Crippen LogP contribution in [0.3, 0.4) is 0 Å². The van der Waals surface area contributed by atoms with Gasteiger partial charge in [0.15, 0.2) is 0 Å². The van der Waals surface area contributed by atoms with Crippen molar-refractivity contribution in [3.8, 4) is 22.5 Å². The van der Waals surface area contributed by atoms with Crippen LogP contribution in [0.15, 0.2) is 41.1 Å². The summed E-state index contributed by atoms with van der Waals surface area (Å²) in [6.45, 7) is 0. The summed E-state index contributed by atoms with van der Waals surface area (Å²) in [6.07, 6.45) is 1.09. The molecular weight excluding hydrogens is 316 g/mol. The smallest absolute Gasteiger partial charge is 0.230 e. The molecule has 0 fully saturated rings. The van der Waals surface area contributed by atoms with E-state index < -0.39 is 5.82 Å². The molecule has 0 spiro atoms. The number of benzene rings is 1. The highest BCUT2D eigenvalue weighted by Gasteiger charge is 2.20. The zero-order chi connectivity index (χ0) is 15.0. The van der Waals surface area contributed by atoms with Gasteiger partial charge in [-0.15, -0.1) is 0 Å². The first-order valence-corrected chi connectivity index (χ1v) is 6.64. The van der Waals surface area contributed by atoms with Crippen molar-refractivity contribution in [2.75, 3.05) is 5.73 Å².